The van der Waals surface area contributed by atoms with E-state index in [1.165, 1.54) is 37.3 Å². The van der Waals surface area contributed by atoms with Gasteiger partial charge in [0.05, 0.1) is 36.4 Å². The van der Waals surface area contributed by atoms with E-state index < -0.39 is 23.5 Å². The van der Waals surface area contributed by atoms with Crippen molar-refractivity contribution >= 4 is 52.0 Å². The zero-order chi connectivity index (χ0) is 27.8. The number of nitrogens with zero attached hydrogens (tertiary/aromatic N) is 2. The van der Waals surface area contributed by atoms with E-state index in [0.29, 0.717) is 11.3 Å². The minimum Gasteiger partial charge on any atom is -0.508 e. The lowest BCUT2D eigenvalue weighted by Crippen LogP contribution is -2.29. The molecule has 202 valence electrons. The molecule has 8 nitrogen and oxygen atoms in total. The summed E-state index contributed by atoms with van der Waals surface area (Å²) in [4.78, 5) is 30.6. The fraction of sp³-hybridized carbons (Fsp3) is 0.241. The molecular formula is C29H26Cl2N2O6. The standard InChI is InChI=1S/C29H26Cl2N2O6/c1-38-27-20(15-21(30)28(39-2)23(27)31)25(35)22-24(16-5-11-19(34)12-6-16)33(29(37)26(22)36)18-9-7-17(8-10-18)32-13-3-4-14-32/h5-12,15,24,34-35H,3-4,13-14H2,1-2H3/b25-22+. The summed E-state index contributed by atoms with van der Waals surface area (Å²) in [5, 5.41) is 21.5. The number of ether oxygens (including phenoxy) is 2. The van der Waals surface area contributed by atoms with Crippen molar-refractivity contribution < 1.29 is 29.3 Å². The van der Waals surface area contributed by atoms with Gasteiger partial charge < -0.3 is 24.6 Å². The van der Waals surface area contributed by atoms with Gasteiger partial charge in [0.1, 0.15) is 16.5 Å². The molecule has 0 aliphatic carbocycles. The summed E-state index contributed by atoms with van der Waals surface area (Å²) in [5.74, 6) is -2.03. The number of aliphatic hydroxyl groups is 1. The van der Waals surface area contributed by atoms with Crippen LogP contribution in [0.4, 0.5) is 11.4 Å². The van der Waals surface area contributed by atoms with Crippen LogP contribution in [0.15, 0.2) is 60.2 Å². The molecule has 2 heterocycles. The molecule has 0 bridgehead atoms. The molecule has 0 radical (unpaired) electrons. The fourth-order valence-electron chi connectivity index (χ4n) is 5.16. The van der Waals surface area contributed by atoms with E-state index in [0.717, 1.165) is 31.6 Å². The second-order valence-corrected chi connectivity index (χ2v) is 10.0. The average Bonchev–Trinajstić information content (AvgIpc) is 3.56. The number of amides is 1. The third-order valence-corrected chi connectivity index (χ3v) is 7.67. The van der Waals surface area contributed by atoms with E-state index in [2.05, 4.69) is 4.90 Å². The Morgan fingerprint density at radius 2 is 1.49 bits per heavy atom. The number of anilines is 2. The molecule has 39 heavy (non-hydrogen) atoms. The van der Waals surface area contributed by atoms with Crippen LogP contribution in [-0.2, 0) is 9.59 Å². The van der Waals surface area contributed by atoms with Crippen LogP contribution in [0.25, 0.3) is 5.76 Å². The third-order valence-electron chi connectivity index (χ3n) is 7.05. The molecule has 2 aliphatic heterocycles. The normalized spacial score (nSPS) is 18.6. The first kappa shape index (κ1) is 26.7. The quantitative estimate of drug-likeness (QED) is 0.215. The maximum absolute atomic E-state index is 13.5. The first-order chi connectivity index (χ1) is 18.8. The number of hydrogen-bond donors (Lipinski definition) is 2. The number of hydrogen-bond acceptors (Lipinski definition) is 7. The monoisotopic (exact) mass is 568 g/mol. The molecule has 5 rings (SSSR count). The topological polar surface area (TPSA) is 99.5 Å². The molecule has 0 spiro atoms. The Balaban J connectivity index is 1.69. The fourth-order valence-corrected chi connectivity index (χ4v) is 5.85. The molecule has 3 aromatic carbocycles. The van der Waals surface area contributed by atoms with Crippen LogP contribution in [0.2, 0.25) is 10.0 Å². The summed E-state index contributed by atoms with van der Waals surface area (Å²) in [6.45, 7) is 1.93. The number of aliphatic hydroxyl groups excluding tert-OH is 1. The molecule has 2 aliphatic rings. The number of Topliss-reactive ketones (excluding diaryl/α,β-unsaturated/α-hetero) is 1. The number of methoxy groups -OCH3 is 2. The van der Waals surface area contributed by atoms with Gasteiger partial charge in [-0.2, -0.15) is 0 Å². The van der Waals surface area contributed by atoms with Crippen molar-refractivity contribution in [1.82, 2.24) is 0 Å². The van der Waals surface area contributed by atoms with E-state index >= 15 is 0 Å². The highest BCUT2D eigenvalue weighted by molar-refractivity contribution is 6.52. The van der Waals surface area contributed by atoms with Crippen molar-refractivity contribution in [3.05, 3.63) is 81.3 Å². The van der Waals surface area contributed by atoms with E-state index in [1.807, 2.05) is 12.1 Å². The van der Waals surface area contributed by atoms with Crippen LogP contribution in [-0.4, -0.2) is 49.2 Å². The number of phenolic OH excluding ortho intramolecular Hbond substituents is 1. The minimum absolute atomic E-state index is 0.00182. The summed E-state index contributed by atoms with van der Waals surface area (Å²) in [6.07, 6.45) is 2.25. The smallest absolute Gasteiger partial charge is 0.300 e. The van der Waals surface area contributed by atoms with Crippen molar-refractivity contribution in [3.63, 3.8) is 0 Å². The highest BCUT2D eigenvalue weighted by Crippen LogP contribution is 2.48. The third kappa shape index (κ3) is 4.64. The molecular weight excluding hydrogens is 543 g/mol. The molecule has 0 saturated carbocycles. The van der Waals surface area contributed by atoms with Gasteiger partial charge in [0.15, 0.2) is 11.5 Å². The first-order valence-corrected chi connectivity index (χ1v) is 13.1. The molecule has 10 heteroatoms. The highest BCUT2D eigenvalue weighted by Gasteiger charge is 2.47. The zero-order valence-electron chi connectivity index (χ0n) is 21.3. The van der Waals surface area contributed by atoms with E-state index in [-0.39, 0.29) is 38.4 Å². The largest absolute Gasteiger partial charge is 0.508 e. The van der Waals surface area contributed by atoms with E-state index in [4.69, 9.17) is 32.7 Å². The lowest BCUT2D eigenvalue weighted by Gasteiger charge is -2.26. The van der Waals surface area contributed by atoms with Crippen LogP contribution < -0.4 is 19.3 Å². The SMILES string of the molecule is COc1c(Cl)cc(/C(O)=C2\C(=O)C(=O)N(c3ccc(N4CCCC4)cc3)C2c2ccc(O)cc2)c(OC)c1Cl. The average molecular weight is 569 g/mol. The zero-order valence-corrected chi connectivity index (χ0v) is 22.8. The summed E-state index contributed by atoms with van der Waals surface area (Å²) in [5.41, 5.74) is 1.86. The summed E-state index contributed by atoms with van der Waals surface area (Å²) in [7, 11) is 2.74. The number of benzene rings is 3. The number of carbonyl (C=O) groups is 2. The van der Waals surface area contributed by atoms with E-state index in [1.54, 1.807) is 24.3 Å². The van der Waals surface area contributed by atoms with Gasteiger partial charge in [0, 0.05) is 24.5 Å². The minimum atomic E-state index is -1.01. The Hall–Kier alpha value is -3.88. The predicted molar refractivity (Wildman–Crippen MR) is 150 cm³/mol. The summed E-state index contributed by atoms with van der Waals surface area (Å²) >= 11 is 12.8. The summed E-state index contributed by atoms with van der Waals surface area (Å²) in [6, 6.07) is 13.9. The van der Waals surface area contributed by atoms with Crippen LogP contribution in [0.1, 0.15) is 30.0 Å². The van der Waals surface area contributed by atoms with Crippen molar-refractivity contribution in [2.75, 3.05) is 37.1 Å². The highest BCUT2D eigenvalue weighted by atomic mass is 35.5. The van der Waals surface area contributed by atoms with Crippen LogP contribution in [0.3, 0.4) is 0 Å². The van der Waals surface area contributed by atoms with Gasteiger partial charge in [-0.1, -0.05) is 35.3 Å². The number of ketones is 1. The molecule has 1 atom stereocenters. The van der Waals surface area contributed by atoms with Gasteiger partial charge in [-0.15, -0.1) is 0 Å². The first-order valence-electron chi connectivity index (χ1n) is 12.3. The van der Waals surface area contributed by atoms with Gasteiger partial charge in [-0.05, 0) is 60.9 Å². The second-order valence-electron chi connectivity index (χ2n) is 9.26. The Morgan fingerprint density at radius 1 is 0.897 bits per heavy atom. The number of rotatable bonds is 6. The molecule has 2 saturated heterocycles. The molecule has 0 aromatic heterocycles. The Labute approximate surface area is 235 Å². The molecule has 1 amide bonds. The Morgan fingerprint density at radius 3 is 2.08 bits per heavy atom. The maximum atomic E-state index is 13.5. The molecule has 2 fully saturated rings. The van der Waals surface area contributed by atoms with Gasteiger partial charge >= 0.3 is 0 Å². The lowest BCUT2D eigenvalue weighted by atomic mass is 9.94. The Bertz CT molecular complexity index is 1460. The van der Waals surface area contributed by atoms with Gasteiger partial charge in [-0.25, -0.2) is 0 Å². The molecule has 2 N–H and O–H groups in total. The van der Waals surface area contributed by atoms with E-state index in [9.17, 15) is 19.8 Å². The van der Waals surface area contributed by atoms with Crippen molar-refractivity contribution in [2.45, 2.75) is 18.9 Å². The molecule has 3 aromatic rings. The van der Waals surface area contributed by atoms with Crippen molar-refractivity contribution in [1.29, 1.82) is 0 Å². The lowest BCUT2D eigenvalue weighted by molar-refractivity contribution is -0.132. The van der Waals surface area contributed by atoms with Gasteiger partial charge in [0.2, 0.25) is 0 Å². The van der Waals surface area contributed by atoms with Crippen LogP contribution >= 0.6 is 23.2 Å². The predicted octanol–water partition coefficient (Wildman–Crippen LogP) is 5.94. The van der Waals surface area contributed by atoms with Gasteiger partial charge in [0.25, 0.3) is 11.7 Å². The number of halogens is 2. The molecule has 1 unspecified atom stereocenters. The van der Waals surface area contributed by atoms with Crippen molar-refractivity contribution in [3.8, 4) is 17.2 Å². The summed E-state index contributed by atoms with van der Waals surface area (Å²) < 4.78 is 10.7. The van der Waals surface area contributed by atoms with Gasteiger partial charge in [-0.3, -0.25) is 14.5 Å². The number of phenols is 1. The Kier molecular flexibility index (Phi) is 7.34. The second kappa shape index (κ2) is 10.7. The maximum Gasteiger partial charge on any atom is 0.300 e. The van der Waals surface area contributed by atoms with Crippen molar-refractivity contribution in [2.24, 2.45) is 0 Å². The number of aromatic hydroxyl groups is 1. The van der Waals surface area contributed by atoms with Crippen LogP contribution in [0.5, 0.6) is 17.2 Å². The van der Waals surface area contributed by atoms with Crippen LogP contribution in [0, 0.1) is 0 Å². The number of carbonyl (C=O) groups excluding carboxylic acids is 2.